The summed E-state index contributed by atoms with van der Waals surface area (Å²) >= 11 is 0. The lowest BCUT2D eigenvalue weighted by Crippen LogP contribution is -2.42. The molecule has 2 bridgehead atoms. The first-order chi connectivity index (χ1) is 27.4. The lowest BCUT2D eigenvalue weighted by Gasteiger charge is -2.50. The first-order valence-electron chi connectivity index (χ1n) is 20.0. The highest BCUT2D eigenvalue weighted by molar-refractivity contribution is 6.10. The van der Waals surface area contributed by atoms with Gasteiger partial charge in [0.05, 0.1) is 22.7 Å². The first-order valence-corrected chi connectivity index (χ1v) is 20.0. The van der Waals surface area contributed by atoms with Crippen molar-refractivity contribution in [3.8, 4) is 57.0 Å². The summed E-state index contributed by atoms with van der Waals surface area (Å²) in [6.07, 6.45) is 6.80. The van der Waals surface area contributed by atoms with E-state index in [1.165, 1.54) is 54.0 Å². The predicted molar refractivity (Wildman–Crippen MR) is 227 cm³/mol. The number of benzene rings is 6. The van der Waals surface area contributed by atoms with E-state index in [4.69, 9.17) is 15.0 Å². The van der Waals surface area contributed by atoms with E-state index >= 15 is 0 Å². The van der Waals surface area contributed by atoms with Crippen LogP contribution in [0.25, 0.3) is 72.8 Å². The molecule has 2 saturated carbocycles. The molecule has 2 aromatic heterocycles. The maximum absolute atomic E-state index is 9.62. The van der Waals surface area contributed by atoms with Crippen LogP contribution in [0.5, 0.6) is 0 Å². The van der Waals surface area contributed by atoms with Crippen molar-refractivity contribution in [2.45, 2.75) is 51.4 Å². The van der Waals surface area contributed by atoms with E-state index in [1.807, 2.05) is 48.5 Å². The van der Waals surface area contributed by atoms with Crippen LogP contribution in [0.1, 0.15) is 57.1 Å². The summed E-state index contributed by atoms with van der Waals surface area (Å²) in [6.45, 7) is 4.93. The summed E-state index contributed by atoms with van der Waals surface area (Å²) in [5.41, 5.74) is 10.8. The Hall–Kier alpha value is -6.38. The normalized spacial score (nSPS) is 20.6. The molecule has 272 valence electrons. The Kier molecular flexibility index (Phi) is 8.37. The third kappa shape index (κ3) is 6.07. The van der Waals surface area contributed by atoms with Gasteiger partial charge < -0.3 is 4.57 Å². The van der Waals surface area contributed by atoms with Gasteiger partial charge in [0.25, 0.3) is 0 Å². The lowest BCUT2D eigenvalue weighted by atomic mass is 9.54. The number of hydrogen-bond donors (Lipinski definition) is 0. The third-order valence-corrected chi connectivity index (χ3v) is 12.4. The zero-order chi connectivity index (χ0) is 37.8. The van der Waals surface area contributed by atoms with Crippen molar-refractivity contribution >= 4 is 21.8 Å². The number of fused-ring (bicyclic) bond motifs is 5. The second-order valence-corrected chi connectivity index (χ2v) is 16.5. The van der Waals surface area contributed by atoms with Crippen molar-refractivity contribution in [1.82, 2.24) is 19.5 Å². The van der Waals surface area contributed by atoms with E-state index < -0.39 is 0 Å². The summed E-state index contributed by atoms with van der Waals surface area (Å²) in [6, 6.07) is 53.3. The van der Waals surface area contributed by atoms with E-state index in [9.17, 15) is 5.26 Å². The predicted octanol–water partition coefficient (Wildman–Crippen LogP) is 12.6. The Morgan fingerprint density at radius 3 is 1.80 bits per heavy atom. The van der Waals surface area contributed by atoms with Gasteiger partial charge in [0.2, 0.25) is 0 Å². The molecule has 0 spiro atoms. The number of nitriles is 1. The van der Waals surface area contributed by atoms with Crippen LogP contribution in [0.15, 0.2) is 146 Å². The molecule has 0 N–H and O–H groups in total. The summed E-state index contributed by atoms with van der Waals surface area (Å²) < 4.78 is 2.35. The number of rotatable bonds is 6. The van der Waals surface area contributed by atoms with Gasteiger partial charge in [0, 0.05) is 33.2 Å². The zero-order valence-electron chi connectivity index (χ0n) is 31.9. The summed E-state index contributed by atoms with van der Waals surface area (Å²) in [5, 5.41) is 12.0. The highest BCUT2D eigenvalue weighted by Crippen LogP contribution is 2.54. The Labute approximate surface area is 328 Å². The molecular formula is C51H43N5. The fourth-order valence-electron chi connectivity index (χ4n) is 10.3. The number of para-hydroxylation sites is 1. The van der Waals surface area contributed by atoms with Crippen molar-refractivity contribution in [1.29, 1.82) is 5.26 Å². The standard InChI is InChI=1S/C51H43N5/c1-33-25-36-26-34(2)30-51(29-33,31-36)42-20-15-37(16-21-42)38-17-22-43(23-18-38)56-46-14-7-6-13-44(46)45-24-19-41(28-47(45)56)50-54-48(39-10-4-3-5-11-39)53-49(55-50)40-12-8-9-35(27-40)32-52/h3-24,27-28,33-34,36H,25-26,29-31H2,1-2H3/t33-,34+,36-,51?. The molecule has 5 heteroatoms. The van der Waals surface area contributed by atoms with E-state index in [1.54, 1.807) is 11.6 Å². The second-order valence-electron chi connectivity index (χ2n) is 16.5. The quantitative estimate of drug-likeness (QED) is 0.171. The molecule has 2 aliphatic carbocycles. The fraction of sp³-hybridized carbons (Fsp3) is 0.216. The monoisotopic (exact) mass is 725 g/mol. The molecule has 10 rings (SSSR count). The van der Waals surface area contributed by atoms with E-state index in [-0.39, 0.29) is 0 Å². The van der Waals surface area contributed by atoms with Crippen LogP contribution in [0.2, 0.25) is 0 Å². The number of hydrogen-bond acceptors (Lipinski definition) is 4. The van der Waals surface area contributed by atoms with Gasteiger partial charge in [0.1, 0.15) is 0 Å². The van der Waals surface area contributed by atoms with Gasteiger partial charge in [-0.1, -0.05) is 123 Å². The van der Waals surface area contributed by atoms with Crippen LogP contribution in [0.4, 0.5) is 0 Å². The molecule has 1 unspecified atom stereocenters. The minimum absolute atomic E-state index is 0.340. The minimum atomic E-state index is 0.340. The molecule has 5 nitrogen and oxygen atoms in total. The number of nitrogens with zero attached hydrogens (tertiary/aromatic N) is 5. The third-order valence-electron chi connectivity index (χ3n) is 12.4. The van der Waals surface area contributed by atoms with Gasteiger partial charge in [-0.05, 0) is 108 Å². The molecule has 0 saturated heterocycles. The minimum Gasteiger partial charge on any atom is -0.309 e. The molecular weight excluding hydrogens is 683 g/mol. The van der Waals surface area contributed by atoms with E-state index in [2.05, 4.69) is 115 Å². The molecule has 2 aliphatic rings. The van der Waals surface area contributed by atoms with E-state index in [0.717, 1.165) is 51.2 Å². The van der Waals surface area contributed by atoms with Gasteiger partial charge in [-0.2, -0.15) is 5.26 Å². The van der Waals surface area contributed by atoms with Crippen LogP contribution in [0.3, 0.4) is 0 Å². The van der Waals surface area contributed by atoms with Gasteiger partial charge in [-0.25, -0.2) is 15.0 Å². The highest BCUT2D eigenvalue weighted by Gasteiger charge is 2.45. The maximum atomic E-state index is 9.62. The average molecular weight is 726 g/mol. The molecule has 0 amide bonds. The fourth-order valence-corrected chi connectivity index (χ4v) is 10.3. The maximum Gasteiger partial charge on any atom is 0.164 e. The SMILES string of the molecule is C[C@@H]1C[C@@H]2C[C@H](C)CC(c3ccc(-c4ccc(-n5c6ccccc6c6ccc(-c7nc(-c8ccccc8)nc(-c8cccc(C#N)c8)n7)cc65)cc4)cc3)(C1)C2. The summed E-state index contributed by atoms with van der Waals surface area (Å²) in [7, 11) is 0. The van der Waals surface area contributed by atoms with E-state index in [0.29, 0.717) is 28.5 Å². The molecule has 4 atom stereocenters. The average Bonchev–Trinajstić information content (AvgIpc) is 3.57. The second kappa shape index (κ2) is 13.7. The lowest BCUT2D eigenvalue weighted by molar-refractivity contribution is 0.0780. The van der Waals surface area contributed by atoms with Gasteiger partial charge >= 0.3 is 0 Å². The van der Waals surface area contributed by atoms with Crippen molar-refractivity contribution in [2.75, 3.05) is 0 Å². The number of aromatic nitrogens is 4. The van der Waals surface area contributed by atoms with Crippen LogP contribution < -0.4 is 0 Å². The first kappa shape index (κ1) is 34.1. The molecule has 0 aliphatic heterocycles. The summed E-state index contributed by atoms with van der Waals surface area (Å²) in [4.78, 5) is 14.9. The molecule has 2 fully saturated rings. The van der Waals surface area contributed by atoms with Crippen molar-refractivity contribution < 1.29 is 0 Å². The molecule has 2 heterocycles. The van der Waals surface area contributed by atoms with Crippen LogP contribution in [0, 0.1) is 29.1 Å². The largest absolute Gasteiger partial charge is 0.309 e. The summed E-state index contributed by atoms with van der Waals surface area (Å²) in [5.74, 6) is 4.18. The molecule has 6 aromatic carbocycles. The van der Waals surface area contributed by atoms with Gasteiger partial charge in [-0.15, -0.1) is 0 Å². The zero-order valence-corrected chi connectivity index (χ0v) is 31.9. The molecule has 0 radical (unpaired) electrons. The molecule has 8 aromatic rings. The molecule has 56 heavy (non-hydrogen) atoms. The topological polar surface area (TPSA) is 67.4 Å². The Morgan fingerprint density at radius 2 is 1.11 bits per heavy atom. The highest BCUT2D eigenvalue weighted by atomic mass is 15.0. The smallest absolute Gasteiger partial charge is 0.164 e. The van der Waals surface area contributed by atoms with Crippen LogP contribution in [-0.4, -0.2) is 19.5 Å². The van der Waals surface area contributed by atoms with Gasteiger partial charge in [0.15, 0.2) is 17.5 Å². The Morgan fingerprint density at radius 1 is 0.536 bits per heavy atom. The Balaban J connectivity index is 1.04. The Bertz CT molecular complexity index is 2760. The van der Waals surface area contributed by atoms with Gasteiger partial charge in [-0.3, -0.25) is 0 Å². The van der Waals surface area contributed by atoms with Crippen LogP contribution >= 0.6 is 0 Å². The van der Waals surface area contributed by atoms with Crippen LogP contribution in [-0.2, 0) is 5.41 Å². The van der Waals surface area contributed by atoms with Crippen molar-refractivity contribution in [2.24, 2.45) is 17.8 Å². The van der Waals surface area contributed by atoms with Crippen molar-refractivity contribution in [3.05, 3.63) is 157 Å². The van der Waals surface area contributed by atoms with Crippen molar-refractivity contribution in [3.63, 3.8) is 0 Å².